The van der Waals surface area contributed by atoms with Crippen molar-refractivity contribution in [1.82, 2.24) is 0 Å². The van der Waals surface area contributed by atoms with E-state index in [1.54, 1.807) is 0 Å². The largest absolute Gasteiger partial charge is 0.460 e. The number of rotatable bonds is 18. The number of esters is 1. The van der Waals surface area contributed by atoms with Crippen LogP contribution in [0.3, 0.4) is 0 Å². The third kappa shape index (κ3) is 12.9. The maximum Gasteiger partial charge on any atom is 0.330 e. The molecular formula is C16H30O9. The molecule has 0 atom stereocenters. The fourth-order valence-electron chi connectivity index (χ4n) is 1.86. The summed E-state index contributed by atoms with van der Waals surface area (Å²) < 4.78 is 26.6. The summed E-state index contributed by atoms with van der Waals surface area (Å²) in [6.45, 7) is 4.39. The molecule has 0 aliphatic heterocycles. The summed E-state index contributed by atoms with van der Waals surface area (Å²) in [6, 6.07) is 0. The smallest absolute Gasteiger partial charge is 0.330 e. The third-order valence-electron chi connectivity index (χ3n) is 2.98. The van der Waals surface area contributed by atoms with Crippen LogP contribution in [0.1, 0.15) is 0 Å². The molecule has 0 spiro atoms. The van der Waals surface area contributed by atoms with Gasteiger partial charge in [0.2, 0.25) is 0 Å². The van der Waals surface area contributed by atoms with E-state index in [2.05, 4.69) is 6.58 Å². The van der Waals surface area contributed by atoms with Gasteiger partial charge in [0.05, 0.1) is 78.1 Å². The summed E-state index contributed by atoms with van der Waals surface area (Å²) in [5.41, 5.74) is -0.693. The lowest BCUT2D eigenvalue weighted by atomic mass is 9.92. The van der Waals surface area contributed by atoms with Gasteiger partial charge in [-0.15, -0.1) is 0 Å². The molecule has 0 aromatic rings. The van der Waals surface area contributed by atoms with Crippen molar-refractivity contribution in [1.29, 1.82) is 0 Å². The van der Waals surface area contributed by atoms with Gasteiger partial charge < -0.3 is 39.0 Å². The average Bonchev–Trinajstić information content (AvgIpc) is 2.61. The number of carbonyl (C=O) groups is 1. The summed E-state index contributed by atoms with van der Waals surface area (Å²) in [5.74, 6) is -0.529. The van der Waals surface area contributed by atoms with Crippen LogP contribution in [0, 0.1) is 5.41 Å². The zero-order valence-corrected chi connectivity index (χ0v) is 14.6. The number of aliphatic hydroxyl groups excluding tert-OH is 3. The SMILES string of the molecule is C=CC(=O)OCCOCC(COCCO)(COCCO)COCCO. The minimum atomic E-state index is -0.693. The van der Waals surface area contributed by atoms with E-state index in [9.17, 15) is 4.79 Å². The number of ether oxygens (including phenoxy) is 5. The molecule has 0 aromatic heterocycles. The minimum Gasteiger partial charge on any atom is -0.460 e. The Kier molecular flexibility index (Phi) is 15.7. The predicted molar refractivity (Wildman–Crippen MR) is 88.1 cm³/mol. The second-order valence-corrected chi connectivity index (χ2v) is 5.25. The van der Waals surface area contributed by atoms with Crippen LogP contribution in [0.4, 0.5) is 0 Å². The number of aliphatic hydroxyl groups is 3. The zero-order chi connectivity index (χ0) is 18.8. The van der Waals surface area contributed by atoms with Crippen LogP contribution in [-0.2, 0) is 28.5 Å². The molecule has 0 aromatic carbocycles. The van der Waals surface area contributed by atoms with Crippen LogP contribution in [-0.4, -0.2) is 101 Å². The number of carbonyl (C=O) groups excluding carboxylic acids is 1. The maximum atomic E-state index is 11.0. The molecule has 0 aliphatic carbocycles. The third-order valence-corrected chi connectivity index (χ3v) is 2.98. The standard InChI is InChI=1S/C16H30O9/c1-2-15(20)25-10-9-24-14-16(11-21-6-3-17,12-22-7-4-18)13-23-8-5-19/h2,17-19H,1,3-14H2. The Morgan fingerprint density at radius 3 is 1.52 bits per heavy atom. The van der Waals surface area contributed by atoms with Crippen LogP contribution in [0.25, 0.3) is 0 Å². The molecule has 148 valence electrons. The highest BCUT2D eigenvalue weighted by Crippen LogP contribution is 2.20. The minimum absolute atomic E-state index is 0.0768. The van der Waals surface area contributed by atoms with Crippen molar-refractivity contribution in [3.63, 3.8) is 0 Å². The van der Waals surface area contributed by atoms with Gasteiger partial charge in [-0.25, -0.2) is 4.79 Å². The predicted octanol–water partition coefficient (Wildman–Crippen LogP) is -1.25. The molecule has 0 heterocycles. The highest BCUT2D eigenvalue weighted by Gasteiger charge is 2.32. The zero-order valence-electron chi connectivity index (χ0n) is 14.6. The lowest BCUT2D eigenvalue weighted by Crippen LogP contribution is -2.42. The van der Waals surface area contributed by atoms with Gasteiger partial charge in [0.1, 0.15) is 6.61 Å². The molecule has 0 bridgehead atoms. The fourth-order valence-corrected chi connectivity index (χ4v) is 1.86. The van der Waals surface area contributed by atoms with Gasteiger partial charge in [-0.1, -0.05) is 6.58 Å². The van der Waals surface area contributed by atoms with Crippen LogP contribution in [0.15, 0.2) is 12.7 Å². The van der Waals surface area contributed by atoms with Crippen LogP contribution >= 0.6 is 0 Å². The monoisotopic (exact) mass is 366 g/mol. The van der Waals surface area contributed by atoms with Crippen LogP contribution < -0.4 is 0 Å². The molecule has 0 fully saturated rings. The van der Waals surface area contributed by atoms with Crippen molar-refractivity contribution in [3.05, 3.63) is 12.7 Å². The highest BCUT2D eigenvalue weighted by molar-refractivity contribution is 5.81. The first-order chi connectivity index (χ1) is 12.1. The van der Waals surface area contributed by atoms with E-state index in [0.29, 0.717) is 0 Å². The van der Waals surface area contributed by atoms with Crippen molar-refractivity contribution >= 4 is 5.97 Å². The number of hydrogen-bond acceptors (Lipinski definition) is 9. The summed E-state index contributed by atoms with van der Waals surface area (Å²) in [6.07, 6.45) is 1.07. The molecule has 9 nitrogen and oxygen atoms in total. The van der Waals surface area contributed by atoms with Gasteiger partial charge in [-0.05, 0) is 0 Å². The van der Waals surface area contributed by atoms with E-state index in [-0.39, 0.29) is 79.3 Å². The van der Waals surface area contributed by atoms with E-state index in [0.717, 1.165) is 6.08 Å². The van der Waals surface area contributed by atoms with Crippen molar-refractivity contribution in [3.8, 4) is 0 Å². The van der Waals surface area contributed by atoms with Crippen molar-refractivity contribution < 1.29 is 43.8 Å². The Bertz CT molecular complexity index is 309. The van der Waals surface area contributed by atoms with Gasteiger partial charge in [0, 0.05) is 6.08 Å². The van der Waals surface area contributed by atoms with E-state index in [1.807, 2.05) is 0 Å². The fraction of sp³-hybridized carbons (Fsp3) is 0.812. The van der Waals surface area contributed by atoms with Gasteiger partial charge >= 0.3 is 5.97 Å². The average molecular weight is 366 g/mol. The Labute approximate surface area is 148 Å². The van der Waals surface area contributed by atoms with E-state index >= 15 is 0 Å². The first-order valence-electron chi connectivity index (χ1n) is 8.07. The van der Waals surface area contributed by atoms with Crippen molar-refractivity contribution in [2.75, 3.05) is 79.3 Å². The highest BCUT2D eigenvalue weighted by atomic mass is 16.6. The molecule has 0 rings (SSSR count). The molecule has 0 aliphatic rings. The molecular weight excluding hydrogens is 336 g/mol. The lowest BCUT2D eigenvalue weighted by molar-refractivity contribution is -0.142. The molecule has 0 unspecified atom stereocenters. The summed E-state index contributed by atoms with van der Waals surface area (Å²) in [4.78, 5) is 11.0. The van der Waals surface area contributed by atoms with Crippen LogP contribution in [0.2, 0.25) is 0 Å². The first kappa shape index (κ1) is 23.9. The molecule has 0 radical (unpaired) electrons. The molecule has 0 saturated carbocycles. The van der Waals surface area contributed by atoms with E-state index < -0.39 is 11.4 Å². The molecule has 0 amide bonds. The van der Waals surface area contributed by atoms with Gasteiger partial charge in [0.25, 0.3) is 0 Å². The quantitative estimate of drug-likeness (QED) is 0.155. The Morgan fingerprint density at radius 1 is 0.760 bits per heavy atom. The van der Waals surface area contributed by atoms with E-state index in [4.69, 9.17) is 39.0 Å². The second kappa shape index (κ2) is 16.4. The molecule has 9 heteroatoms. The Balaban J connectivity index is 4.57. The lowest BCUT2D eigenvalue weighted by Gasteiger charge is -2.32. The normalized spacial score (nSPS) is 11.5. The van der Waals surface area contributed by atoms with Gasteiger partial charge in [-0.3, -0.25) is 0 Å². The number of hydrogen-bond donors (Lipinski definition) is 3. The molecule has 0 saturated heterocycles. The Hall–Kier alpha value is -1.07. The first-order valence-corrected chi connectivity index (χ1v) is 8.07. The topological polar surface area (TPSA) is 124 Å². The summed E-state index contributed by atoms with van der Waals surface area (Å²) in [7, 11) is 0. The van der Waals surface area contributed by atoms with Gasteiger partial charge in [-0.2, -0.15) is 0 Å². The summed E-state index contributed by atoms with van der Waals surface area (Å²) >= 11 is 0. The maximum absolute atomic E-state index is 11.0. The van der Waals surface area contributed by atoms with Crippen molar-refractivity contribution in [2.24, 2.45) is 5.41 Å². The molecule has 25 heavy (non-hydrogen) atoms. The molecule has 3 N–H and O–H groups in total. The van der Waals surface area contributed by atoms with Crippen molar-refractivity contribution in [2.45, 2.75) is 0 Å². The van der Waals surface area contributed by atoms with Gasteiger partial charge in [0.15, 0.2) is 0 Å². The van der Waals surface area contributed by atoms with E-state index in [1.165, 1.54) is 0 Å². The second-order valence-electron chi connectivity index (χ2n) is 5.25. The van der Waals surface area contributed by atoms with Crippen LogP contribution in [0.5, 0.6) is 0 Å². The Morgan fingerprint density at radius 2 is 1.16 bits per heavy atom. The summed E-state index contributed by atoms with van der Waals surface area (Å²) in [5, 5.41) is 26.6.